The molecule has 0 bridgehead atoms. The molecule has 2 atom stereocenters. The van der Waals surface area contributed by atoms with Gasteiger partial charge in [-0.05, 0) is 81.3 Å². The second kappa shape index (κ2) is 11.8. The van der Waals surface area contributed by atoms with E-state index in [2.05, 4.69) is 22.5 Å². The maximum atomic E-state index is 13.4. The highest BCUT2D eigenvalue weighted by molar-refractivity contribution is 5.85. The molecule has 2 fully saturated rings. The topological polar surface area (TPSA) is 44.4 Å². The number of rotatable bonds is 5. The molecule has 0 spiro atoms. The van der Waals surface area contributed by atoms with Crippen molar-refractivity contribution in [3.63, 3.8) is 0 Å². The monoisotopic (exact) mass is 433 g/mol. The van der Waals surface area contributed by atoms with E-state index in [9.17, 15) is 9.18 Å². The summed E-state index contributed by atoms with van der Waals surface area (Å²) >= 11 is 0. The van der Waals surface area contributed by atoms with Crippen LogP contribution < -0.4 is 15.5 Å². The van der Waals surface area contributed by atoms with Crippen LogP contribution in [0, 0.1) is 24.6 Å². The number of amides is 1. The van der Waals surface area contributed by atoms with Gasteiger partial charge in [0.15, 0.2) is 0 Å². The molecule has 1 aromatic rings. The second-order valence-electron chi connectivity index (χ2n) is 8.05. The lowest BCUT2D eigenvalue weighted by atomic mass is 9.84. The number of carbonyl (C=O) groups excluding carboxylic acids is 1. The van der Waals surface area contributed by atoms with Crippen molar-refractivity contribution in [2.45, 2.75) is 52.0 Å². The number of nitrogens with one attached hydrogen (secondary N) is 2. The number of hydrogen-bond donors (Lipinski definition) is 2. The van der Waals surface area contributed by atoms with Crippen molar-refractivity contribution in [3.05, 3.63) is 29.6 Å². The van der Waals surface area contributed by atoms with Crippen LogP contribution in [0.4, 0.5) is 10.1 Å². The zero-order chi connectivity index (χ0) is 18.5. The summed E-state index contributed by atoms with van der Waals surface area (Å²) < 4.78 is 13.4. The van der Waals surface area contributed by atoms with Gasteiger partial charge < -0.3 is 15.5 Å². The fourth-order valence-corrected chi connectivity index (χ4v) is 4.45. The van der Waals surface area contributed by atoms with Crippen molar-refractivity contribution >= 4 is 36.4 Å². The van der Waals surface area contributed by atoms with Gasteiger partial charge in [0, 0.05) is 31.2 Å². The Kier molecular flexibility index (Phi) is 10.6. The van der Waals surface area contributed by atoms with Crippen LogP contribution in [-0.2, 0) is 4.79 Å². The predicted molar refractivity (Wildman–Crippen MR) is 118 cm³/mol. The molecule has 160 valence electrons. The summed E-state index contributed by atoms with van der Waals surface area (Å²) in [6.45, 7) is 8.08. The maximum absolute atomic E-state index is 13.4. The van der Waals surface area contributed by atoms with Crippen LogP contribution in [0.3, 0.4) is 0 Å². The summed E-state index contributed by atoms with van der Waals surface area (Å²) in [5, 5.41) is 6.64. The molecular formula is C21H34Cl2FN3O. The first-order valence-corrected chi connectivity index (χ1v) is 10.0. The minimum absolute atomic E-state index is 0. The van der Waals surface area contributed by atoms with Crippen molar-refractivity contribution in [2.75, 3.05) is 31.1 Å². The highest BCUT2D eigenvalue weighted by atomic mass is 35.5. The van der Waals surface area contributed by atoms with Crippen LogP contribution in [0.2, 0.25) is 0 Å². The molecule has 2 N–H and O–H groups in total. The number of benzene rings is 1. The summed E-state index contributed by atoms with van der Waals surface area (Å²) in [4.78, 5) is 14.8. The molecule has 3 rings (SSSR count). The molecule has 0 saturated carbocycles. The van der Waals surface area contributed by atoms with Gasteiger partial charge >= 0.3 is 0 Å². The first-order valence-electron chi connectivity index (χ1n) is 10.0. The number of halogens is 3. The number of hydrogen-bond acceptors (Lipinski definition) is 3. The van der Waals surface area contributed by atoms with Crippen molar-refractivity contribution in [2.24, 2.45) is 11.8 Å². The summed E-state index contributed by atoms with van der Waals surface area (Å²) in [6, 6.07) is 5.14. The molecule has 4 nitrogen and oxygen atoms in total. The lowest BCUT2D eigenvalue weighted by Crippen LogP contribution is -2.48. The van der Waals surface area contributed by atoms with Gasteiger partial charge in [-0.25, -0.2) is 4.39 Å². The smallest absolute Gasteiger partial charge is 0.220 e. The summed E-state index contributed by atoms with van der Waals surface area (Å²) in [5.41, 5.74) is 2.03. The van der Waals surface area contributed by atoms with Gasteiger partial charge in [0.2, 0.25) is 5.91 Å². The van der Waals surface area contributed by atoms with Crippen LogP contribution in [0.15, 0.2) is 18.2 Å². The van der Waals surface area contributed by atoms with Crippen LogP contribution in [0.5, 0.6) is 0 Å². The molecule has 28 heavy (non-hydrogen) atoms. The van der Waals surface area contributed by atoms with E-state index >= 15 is 0 Å². The lowest BCUT2D eigenvalue weighted by Gasteiger charge is -2.36. The van der Waals surface area contributed by atoms with Crippen LogP contribution in [0.1, 0.15) is 44.6 Å². The molecule has 1 aromatic carbocycles. The van der Waals surface area contributed by atoms with Gasteiger partial charge in [-0.3, -0.25) is 4.79 Å². The second-order valence-corrected chi connectivity index (χ2v) is 8.05. The average Bonchev–Trinajstić information content (AvgIpc) is 2.62. The number of carbonyl (C=O) groups is 1. The van der Waals surface area contributed by atoms with Crippen LogP contribution in [0.25, 0.3) is 0 Å². The number of piperidine rings is 2. The van der Waals surface area contributed by atoms with E-state index in [1.165, 1.54) is 18.9 Å². The van der Waals surface area contributed by atoms with E-state index < -0.39 is 0 Å². The Labute approximate surface area is 180 Å². The van der Waals surface area contributed by atoms with Crippen molar-refractivity contribution < 1.29 is 9.18 Å². The third-order valence-corrected chi connectivity index (χ3v) is 5.98. The highest BCUT2D eigenvalue weighted by Gasteiger charge is 2.25. The molecule has 0 radical (unpaired) electrons. The minimum Gasteiger partial charge on any atom is -0.369 e. The van der Waals surface area contributed by atoms with E-state index in [4.69, 9.17) is 0 Å². The lowest BCUT2D eigenvalue weighted by molar-refractivity contribution is -0.123. The molecule has 0 aromatic heterocycles. The van der Waals surface area contributed by atoms with E-state index in [1.807, 2.05) is 13.0 Å². The summed E-state index contributed by atoms with van der Waals surface area (Å²) in [5.74, 6) is 1.08. The van der Waals surface area contributed by atoms with Gasteiger partial charge in [-0.15, -0.1) is 24.8 Å². The fourth-order valence-electron chi connectivity index (χ4n) is 4.45. The van der Waals surface area contributed by atoms with Gasteiger partial charge in [0.05, 0.1) is 0 Å². The third kappa shape index (κ3) is 6.78. The van der Waals surface area contributed by atoms with E-state index in [-0.39, 0.29) is 42.6 Å². The van der Waals surface area contributed by atoms with E-state index in [0.717, 1.165) is 50.3 Å². The Morgan fingerprint density at radius 3 is 2.68 bits per heavy atom. The van der Waals surface area contributed by atoms with Crippen molar-refractivity contribution in [1.29, 1.82) is 0 Å². The van der Waals surface area contributed by atoms with Gasteiger partial charge in [0.1, 0.15) is 5.82 Å². The largest absolute Gasteiger partial charge is 0.369 e. The molecule has 2 aliphatic heterocycles. The van der Waals surface area contributed by atoms with E-state index in [0.29, 0.717) is 18.3 Å². The van der Waals surface area contributed by atoms with Gasteiger partial charge in [-0.2, -0.15) is 0 Å². The Morgan fingerprint density at radius 1 is 1.29 bits per heavy atom. The highest BCUT2D eigenvalue weighted by Crippen LogP contribution is 2.26. The van der Waals surface area contributed by atoms with Gasteiger partial charge in [0.25, 0.3) is 0 Å². The number of nitrogens with zero attached hydrogens (tertiary/aromatic N) is 1. The predicted octanol–water partition coefficient (Wildman–Crippen LogP) is 4.09. The molecule has 2 aliphatic rings. The first kappa shape index (κ1) is 25.0. The normalized spacial score (nSPS) is 21.2. The minimum atomic E-state index is -0.194. The van der Waals surface area contributed by atoms with Crippen LogP contribution >= 0.6 is 24.8 Å². The zero-order valence-electron chi connectivity index (χ0n) is 16.9. The third-order valence-electron chi connectivity index (χ3n) is 5.98. The summed E-state index contributed by atoms with van der Waals surface area (Å²) in [6.07, 6.45) is 5.04. The Balaban J connectivity index is 0.00000196. The molecule has 2 saturated heterocycles. The maximum Gasteiger partial charge on any atom is 0.220 e. The number of aryl methyl sites for hydroxylation is 1. The Bertz CT molecular complexity index is 626. The first-order chi connectivity index (χ1) is 12.5. The van der Waals surface area contributed by atoms with Crippen molar-refractivity contribution in [1.82, 2.24) is 10.6 Å². The SMILES string of the molecule is Cc1cc(F)ccc1N1CCCC(NC(=O)CC(C)C2CCNCC2)C1.Cl.Cl. The molecule has 2 unspecified atom stereocenters. The standard InChI is InChI=1S/C21H32FN3O.2ClH/c1-15(17-7-9-23-10-8-17)13-21(26)24-19-4-3-11-25(14-19)20-6-5-18(22)12-16(20)2;;/h5-6,12,15,17,19,23H,3-4,7-11,13-14H2,1-2H3,(H,24,26);2*1H. The fraction of sp³-hybridized carbons (Fsp3) is 0.667. The molecule has 0 aliphatic carbocycles. The molecule has 7 heteroatoms. The summed E-state index contributed by atoms with van der Waals surface area (Å²) in [7, 11) is 0. The Morgan fingerprint density at radius 2 is 2.00 bits per heavy atom. The van der Waals surface area contributed by atoms with Crippen molar-refractivity contribution in [3.8, 4) is 0 Å². The molecule has 1 amide bonds. The van der Waals surface area contributed by atoms with E-state index in [1.54, 1.807) is 6.07 Å². The molecule has 2 heterocycles. The number of anilines is 1. The average molecular weight is 434 g/mol. The zero-order valence-corrected chi connectivity index (χ0v) is 18.5. The van der Waals surface area contributed by atoms with Gasteiger partial charge in [-0.1, -0.05) is 6.92 Å². The molecular weight excluding hydrogens is 400 g/mol. The quantitative estimate of drug-likeness (QED) is 0.734. The van der Waals surface area contributed by atoms with Crippen LogP contribution in [-0.4, -0.2) is 38.1 Å². The Hall–Kier alpha value is -1.04.